The number of amides is 1. The van der Waals surface area contributed by atoms with E-state index >= 15 is 0 Å². The molecule has 2 heterocycles. The summed E-state index contributed by atoms with van der Waals surface area (Å²) >= 11 is 0. The Bertz CT molecular complexity index is 464. The number of likely N-dealkylation sites (tertiary alicyclic amines) is 1. The van der Waals surface area contributed by atoms with Gasteiger partial charge in [-0.3, -0.25) is 4.79 Å². The highest BCUT2D eigenvalue weighted by molar-refractivity contribution is 5.85. The Balaban J connectivity index is 0.00000120. The van der Waals surface area contributed by atoms with Crippen LogP contribution in [0.5, 0.6) is 0 Å². The number of nitrogens with zero attached hydrogens (tertiary/aromatic N) is 1. The van der Waals surface area contributed by atoms with Gasteiger partial charge in [0.1, 0.15) is 0 Å². The monoisotopic (exact) mass is 267 g/mol. The molecule has 1 fully saturated rings. The second-order valence-electron chi connectivity index (χ2n) is 4.87. The molecule has 2 aliphatic rings. The predicted octanol–water partition coefficient (Wildman–Crippen LogP) is 1.35. The quantitative estimate of drug-likeness (QED) is 0.850. The number of likely N-dealkylation sites (N-methyl/N-ethyl adjacent to an activating group) is 1. The third-order valence-electron chi connectivity index (χ3n) is 3.59. The molecular formula is C13H18ClN3O. The van der Waals surface area contributed by atoms with Crippen molar-refractivity contribution >= 4 is 24.0 Å². The van der Waals surface area contributed by atoms with Gasteiger partial charge in [-0.1, -0.05) is 12.1 Å². The molecule has 2 aliphatic heterocycles. The van der Waals surface area contributed by atoms with Gasteiger partial charge in [-0.05, 0) is 17.2 Å². The highest BCUT2D eigenvalue weighted by Gasteiger charge is 2.27. The summed E-state index contributed by atoms with van der Waals surface area (Å²) in [6, 6.07) is 6.59. The number of halogens is 1. The number of hydrogen-bond acceptors (Lipinski definition) is 3. The van der Waals surface area contributed by atoms with Gasteiger partial charge in [0, 0.05) is 38.8 Å². The lowest BCUT2D eigenvalue weighted by Gasteiger charge is -2.16. The minimum Gasteiger partial charge on any atom is -0.380 e. The first-order valence-electron chi connectivity index (χ1n) is 6.06. The van der Waals surface area contributed by atoms with Crippen LogP contribution in [0.25, 0.3) is 0 Å². The Hall–Kier alpha value is -1.26. The molecule has 1 aromatic carbocycles. The van der Waals surface area contributed by atoms with Gasteiger partial charge >= 0.3 is 0 Å². The highest BCUT2D eigenvalue weighted by atomic mass is 35.5. The zero-order valence-electron chi connectivity index (χ0n) is 10.4. The van der Waals surface area contributed by atoms with Crippen LogP contribution in [0.3, 0.4) is 0 Å². The molecule has 1 saturated heterocycles. The Morgan fingerprint density at radius 3 is 2.94 bits per heavy atom. The average molecular weight is 268 g/mol. The summed E-state index contributed by atoms with van der Waals surface area (Å²) in [6.07, 6.45) is 0.605. The topological polar surface area (TPSA) is 44.4 Å². The van der Waals surface area contributed by atoms with Crippen molar-refractivity contribution in [2.45, 2.75) is 25.6 Å². The van der Waals surface area contributed by atoms with Crippen molar-refractivity contribution in [3.63, 3.8) is 0 Å². The molecule has 1 aromatic rings. The third-order valence-corrected chi connectivity index (χ3v) is 3.59. The molecule has 1 atom stereocenters. The minimum atomic E-state index is 0. The second-order valence-corrected chi connectivity index (χ2v) is 4.87. The summed E-state index contributed by atoms with van der Waals surface area (Å²) in [6.45, 7) is 2.68. The maximum absolute atomic E-state index is 11.5. The number of anilines is 1. The van der Waals surface area contributed by atoms with Crippen molar-refractivity contribution in [2.75, 3.05) is 18.9 Å². The van der Waals surface area contributed by atoms with E-state index in [2.05, 4.69) is 28.8 Å². The maximum Gasteiger partial charge on any atom is 0.224 e. The smallest absolute Gasteiger partial charge is 0.224 e. The molecule has 5 heteroatoms. The van der Waals surface area contributed by atoms with E-state index in [-0.39, 0.29) is 24.4 Å². The van der Waals surface area contributed by atoms with Crippen molar-refractivity contribution < 1.29 is 4.79 Å². The van der Waals surface area contributed by atoms with Crippen molar-refractivity contribution in [3.05, 3.63) is 29.3 Å². The SMILES string of the molecule is CN1C[C@H](Nc2cccc3c2CNC3)CC1=O.Cl. The van der Waals surface area contributed by atoms with Crippen LogP contribution < -0.4 is 10.6 Å². The summed E-state index contributed by atoms with van der Waals surface area (Å²) in [5.41, 5.74) is 3.91. The lowest BCUT2D eigenvalue weighted by atomic mass is 10.1. The number of carbonyl (C=O) groups is 1. The van der Waals surface area contributed by atoms with Crippen molar-refractivity contribution in [2.24, 2.45) is 0 Å². The Labute approximate surface area is 113 Å². The average Bonchev–Trinajstić information content (AvgIpc) is 2.87. The molecule has 0 radical (unpaired) electrons. The minimum absolute atomic E-state index is 0. The van der Waals surface area contributed by atoms with Crippen molar-refractivity contribution in [1.29, 1.82) is 0 Å². The number of hydrogen-bond donors (Lipinski definition) is 2. The molecular weight excluding hydrogens is 250 g/mol. The van der Waals surface area contributed by atoms with Gasteiger partial charge in [-0.2, -0.15) is 0 Å². The highest BCUT2D eigenvalue weighted by Crippen LogP contribution is 2.26. The van der Waals surface area contributed by atoms with Gasteiger partial charge in [-0.15, -0.1) is 12.4 Å². The summed E-state index contributed by atoms with van der Waals surface area (Å²) in [4.78, 5) is 13.3. The molecule has 0 spiro atoms. The van der Waals surface area contributed by atoms with E-state index in [1.54, 1.807) is 4.90 Å². The van der Waals surface area contributed by atoms with Crippen LogP contribution in [0.15, 0.2) is 18.2 Å². The molecule has 0 bridgehead atoms. The van der Waals surface area contributed by atoms with Crippen LogP contribution in [0.1, 0.15) is 17.5 Å². The van der Waals surface area contributed by atoms with Crippen LogP contribution in [-0.2, 0) is 17.9 Å². The standard InChI is InChI=1S/C13H17N3O.ClH/c1-16-8-10(5-13(16)17)15-12-4-2-3-9-6-14-7-11(9)12;/h2-4,10,14-15H,5-8H2,1H3;1H/t10-;/m1./s1. The Morgan fingerprint density at radius 1 is 1.39 bits per heavy atom. The van der Waals surface area contributed by atoms with E-state index in [0.717, 1.165) is 19.6 Å². The van der Waals surface area contributed by atoms with Crippen LogP contribution >= 0.6 is 12.4 Å². The normalized spacial score (nSPS) is 21.7. The molecule has 0 unspecified atom stereocenters. The van der Waals surface area contributed by atoms with E-state index in [4.69, 9.17) is 0 Å². The first-order chi connectivity index (χ1) is 8.24. The lowest BCUT2D eigenvalue weighted by Crippen LogP contribution is -2.24. The van der Waals surface area contributed by atoms with Gasteiger partial charge in [0.25, 0.3) is 0 Å². The molecule has 2 N–H and O–H groups in total. The molecule has 98 valence electrons. The molecule has 0 aromatic heterocycles. The second kappa shape index (κ2) is 5.16. The molecule has 0 saturated carbocycles. The Morgan fingerprint density at radius 2 is 2.22 bits per heavy atom. The predicted molar refractivity (Wildman–Crippen MR) is 73.9 cm³/mol. The van der Waals surface area contributed by atoms with Crippen LogP contribution in [0.2, 0.25) is 0 Å². The summed E-state index contributed by atoms with van der Waals surface area (Å²) in [5.74, 6) is 0.230. The zero-order chi connectivity index (χ0) is 11.8. The van der Waals surface area contributed by atoms with E-state index in [9.17, 15) is 4.79 Å². The lowest BCUT2D eigenvalue weighted by molar-refractivity contribution is -0.126. The van der Waals surface area contributed by atoms with Gasteiger partial charge < -0.3 is 15.5 Å². The van der Waals surface area contributed by atoms with Crippen LogP contribution in [0.4, 0.5) is 5.69 Å². The number of rotatable bonds is 2. The maximum atomic E-state index is 11.5. The number of nitrogens with one attached hydrogen (secondary N) is 2. The van der Waals surface area contributed by atoms with E-state index < -0.39 is 0 Å². The molecule has 4 nitrogen and oxygen atoms in total. The zero-order valence-corrected chi connectivity index (χ0v) is 11.2. The number of carbonyl (C=O) groups excluding carboxylic acids is 1. The third kappa shape index (κ3) is 2.31. The van der Waals surface area contributed by atoms with Crippen LogP contribution in [0, 0.1) is 0 Å². The Kier molecular flexibility index (Phi) is 3.78. The molecule has 1 amide bonds. The fraction of sp³-hybridized carbons (Fsp3) is 0.462. The number of fused-ring (bicyclic) bond motifs is 1. The summed E-state index contributed by atoms with van der Waals surface area (Å²) in [7, 11) is 1.86. The van der Waals surface area contributed by atoms with Crippen molar-refractivity contribution in [1.82, 2.24) is 10.2 Å². The van der Waals surface area contributed by atoms with Crippen molar-refractivity contribution in [3.8, 4) is 0 Å². The van der Waals surface area contributed by atoms with Gasteiger partial charge in [0.15, 0.2) is 0 Å². The summed E-state index contributed by atoms with van der Waals surface area (Å²) in [5, 5.41) is 6.85. The fourth-order valence-electron chi connectivity index (χ4n) is 2.65. The van der Waals surface area contributed by atoms with Crippen LogP contribution in [-0.4, -0.2) is 30.4 Å². The van der Waals surface area contributed by atoms with E-state index in [1.807, 2.05) is 7.05 Å². The van der Waals surface area contributed by atoms with Gasteiger partial charge in [0.05, 0.1) is 6.04 Å². The first kappa shape index (κ1) is 13.2. The van der Waals surface area contributed by atoms with E-state index in [1.165, 1.54) is 16.8 Å². The van der Waals surface area contributed by atoms with Gasteiger partial charge in [-0.25, -0.2) is 0 Å². The first-order valence-corrected chi connectivity index (χ1v) is 6.06. The molecule has 3 rings (SSSR count). The number of benzene rings is 1. The largest absolute Gasteiger partial charge is 0.380 e. The molecule has 0 aliphatic carbocycles. The summed E-state index contributed by atoms with van der Waals surface area (Å²) < 4.78 is 0. The fourth-order valence-corrected chi connectivity index (χ4v) is 2.65. The van der Waals surface area contributed by atoms with E-state index in [0.29, 0.717) is 6.42 Å². The van der Waals surface area contributed by atoms with Gasteiger partial charge in [0.2, 0.25) is 5.91 Å². The molecule has 18 heavy (non-hydrogen) atoms.